The number of nitrogens with two attached hydrogens (primary N) is 1. The quantitative estimate of drug-likeness (QED) is 0.552. The summed E-state index contributed by atoms with van der Waals surface area (Å²) in [5.41, 5.74) is 9.27. The van der Waals surface area contributed by atoms with Crippen LogP contribution >= 0.6 is 11.3 Å². The first-order valence-corrected chi connectivity index (χ1v) is 7.51. The van der Waals surface area contributed by atoms with Crippen molar-refractivity contribution >= 4 is 28.5 Å². The zero-order chi connectivity index (χ0) is 15.2. The van der Waals surface area contributed by atoms with Crippen molar-refractivity contribution in [2.24, 2.45) is 5.10 Å². The maximum atomic E-state index is 5.86. The number of hydrazone groups is 1. The number of hydrogen-bond acceptors (Lipinski definition) is 6. The third kappa shape index (κ3) is 3.62. The van der Waals surface area contributed by atoms with E-state index in [1.807, 2.05) is 54.6 Å². The normalized spacial score (nSPS) is 10.7. The summed E-state index contributed by atoms with van der Waals surface area (Å²) in [5.74, 6) is 2.00. The Morgan fingerprint density at radius 2 is 1.86 bits per heavy atom. The lowest BCUT2D eigenvalue weighted by Gasteiger charge is -2.08. The Morgan fingerprint density at radius 1 is 1.09 bits per heavy atom. The third-order valence-electron chi connectivity index (χ3n) is 2.78. The second-order valence-corrected chi connectivity index (χ2v) is 5.26. The Hall–Kier alpha value is -2.86. The summed E-state index contributed by atoms with van der Waals surface area (Å²) in [6, 6.07) is 17.3. The number of nitrogen functional groups attached to an aromatic ring is 1. The Kier molecular flexibility index (Phi) is 4.31. The second kappa shape index (κ2) is 6.73. The van der Waals surface area contributed by atoms with Gasteiger partial charge < -0.3 is 10.5 Å². The van der Waals surface area contributed by atoms with Crippen LogP contribution in [0.4, 0.5) is 10.9 Å². The predicted octanol–water partition coefficient (Wildman–Crippen LogP) is 3.96. The van der Waals surface area contributed by atoms with Crippen molar-refractivity contribution in [2.75, 3.05) is 11.2 Å². The molecule has 0 amide bonds. The minimum atomic E-state index is 0.482. The van der Waals surface area contributed by atoms with Gasteiger partial charge in [0.2, 0.25) is 5.13 Å². The maximum Gasteiger partial charge on any atom is 0.205 e. The number of aromatic nitrogens is 1. The van der Waals surface area contributed by atoms with Gasteiger partial charge in [0.25, 0.3) is 0 Å². The molecular formula is C16H14N4OS. The van der Waals surface area contributed by atoms with Crippen LogP contribution in [0.3, 0.4) is 0 Å². The molecule has 0 aliphatic heterocycles. The van der Waals surface area contributed by atoms with Crippen LogP contribution in [-0.2, 0) is 0 Å². The van der Waals surface area contributed by atoms with Crippen molar-refractivity contribution in [1.29, 1.82) is 0 Å². The number of anilines is 2. The van der Waals surface area contributed by atoms with Crippen molar-refractivity contribution in [1.82, 2.24) is 4.98 Å². The van der Waals surface area contributed by atoms with E-state index >= 15 is 0 Å². The van der Waals surface area contributed by atoms with Crippen molar-refractivity contribution in [3.05, 3.63) is 65.5 Å². The molecule has 1 aromatic heterocycles. The van der Waals surface area contributed by atoms with E-state index in [9.17, 15) is 0 Å². The molecule has 2 aromatic carbocycles. The molecule has 110 valence electrons. The van der Waals surface area contributed by atoms with E-state index < -0.39 is 0 Å². The van der Waals surface area contributed by atoms with E-state index in [1.54, 1.807) is 11.6 Å². The zero-order valence-electron chi connectivity index (χ0n) is 11.6. The van der Waals surface area contributed by atoms with Gasteiger partial charge in [-0.1, -0.05) is 30.3 Å². The largest absolute Gasteiger partial charge is 0.457 e. The summed E-state index contributed by atoms with van der Waals surface area (Å²) in [7, 11) is 0. The van der Waals surface area contributed by atoms with E-state index in [-0.39, 0.29) is 0 Å². The number of rotatable bonds is 5. The molecule has 6 heteroatoms. The molecule has 0 fully saturated rings. The molecule has 0 saturated heterocycles. The summed E-state index contributed by atoms with van der Waals surface area (Å²) in [6.45, 7) is 0. The van der Waals surface area contributed by atoms with E-state index in [2.05, 4.69) is 15.5 Å². The molecule has 0 saturated carbocycles. The van der Waals surface area contributed by atoms with Crippen LogP contribution in [0.15, 0.2) is 65.1 Å². The number of ether oxygens (including phenoxy) is 1. The minimum absolute atomic E-state index is 0.482. The fourth-order valence-electron chi connectivity index (χ4n) is 1.79. The van der Waals surface area contributed by atoms with Gasteiger partial charge in [-0.2, -0.15) is 5.10 Å². The Balaban J connectivity index is 1.73. The first-order chi connectivity index (χ1) is 10.8. The number of benzene rings is 2. The zero-order valence-corrected chi connectivity index (χ0v) is 12.5. The molecule has 3 rings (SSSR count). The van der Waals surface area contributed by atoms with Gasteiger partial charge in [-0.05, 0) is 24.3 Å². The molecule has 0 radical (unpaired) electrons. The molecule has 0 unspecified atom stereocenters. The van der Waals surface area contributed by atoms with Gasteiger partial charge >= 0.3 is 0 Å². The lowest BCUT2D eigenvalue weighted by molar-refractivity contribution is 0.482. The summed E-state index contributed by atoms with van der Waals surface area (Å²) in [4.78, 5) is 4.07. The molecule has 22 heavy (non-hydrogen) atoms. The average molecular weight is 310 g/mol. The number of hydrogen-bond donors (Lipinski definition) is 2. The van der Waals surface area contributed by atoms with Gasteiger partial charge in [-0.25, -0.2) is 4.98 Å². The molecule has 3 aromatic rings. The SMILES string of the molecule is Nc1csc(NN=Cc2ccccc2Oc2ccccc2)n1. The van der Waals surface area contributed by atoms with Gasteiger partial charge in [0, 0.05) is 10.9 Å². The van der Waals surface area contributed by atoms with E-state index in [4.69, 9.17) is 10.5 Å². The highest BCUT2D eigenvalue weighted by atomic mass is 32.1. The second-order valence-electron chi connectivity index (χ2n) is 4.40. The first kappa shape index (κ1) is 14.1. The summed E-state index contributed by atoms with van der Waals surface area (Å²) < 4.78 is 5.86. The molecule has 0 spiro atoms. The smallest absolute Gasteiger partial charge is 0.205 e. The number of nitrogens with zero attached hydrogens (tertiary/aromatic N) is 2. The summed E-state index contributed by atoms with van der Waals surface area (Å²) in [5, 5.41) is 6.57. The Labute approximate surface area is 132 Å². The summed E-state index contributed by atoms with van der Waals surface area (Å²) in [6.07, 6.45) is 1.69. The Bertz CT molecular complexity index is 771. The molecule has 3 N–H and O–H groups in total. The van der Waals surface area contributed by atoms with Crippen molar-refractivity contribution in [3.8, 4) is 11.5 Å². The van der Waals surface area contributed by atoms with Crippen LogP contribution in [0.5, 0.6) is 11.5 Å². The van der Waals surface area contributed by atoms with Crippen LogP contribution in [0.25, 0.3) is 0 Å². The molecule has 0 atom stereocenters. The van der Waals surface area contributed by atoms with Gasteiger partial charge in [0.05, 0.1) is 6.21 Å². The van der Waals surface area contributed by atoms with Gasteiger partial charge in [-0.3, -0.25) is 5.43 Å². The molecule has 5 nitrogen and oxygen atoms in total. The lowest BCUT2D eigenvalue weighted by Crippen LogP contribution is -1.94. The Morgan fingerprint density at radius 3 is 2.64 bits per heavy atom. The number of para-hydroxylation sites is 2. The maximum absolute atomic E-state index is 5.86. The lowest BCUT2D eigenvalue weighted by atomic mass is 10.2. The number of nitrogens with one attached hydrogen (secondary N) is 1. The van der Waals surface area contributed by atoms with Gasteiger partial charge in [0.1, 0.15) is 17.3 Å². The minimum Gasteiger partial charge on any atom is -0.457 e. The van der Waals surface area contributed by atoms with Crippen LogP contribution in [0, 0.1) is 0 Å². The highest BCUT2D eigenvalue weighted by Gasteiger charge is 2.02. The average Bonchev–Trinajstić information content (AvgIpc) is 2.95. The van der Waals surface area contributed by atoms with Crippen molar-refractivity contribution in [2.45, 2.75) is 0 Å². The summed E-state index contributed by atoms with van der Waals surface area (Å²) >= 11 is 1.40. The molecule has 0 bridgehead atoms. The van der Waals surface area contributed by atoms with Gasteiger partial charge in [0.15, 0.2) is 0 Å². The van der Waals surface area contributed by atoms with E-state index in [0.717, 1.165) is 17.1 Å². The van der Waals surface area contributed by atoms with E-state index in [0.29, 0.717) is 10.9 Å². The third-order valence-corrected chi connectivity index (χ3v) is 3.54. The standard InChI is InChI=1S/C16H14N4OS/c17-15-11-22-16(19-15)20-18-10-12-6-4-5-9-14(12)21-13-7-2-1-3-8-13/h1-11H,17H2,(H,19,20). The molecule has 0 aliphatic carbocycles. The van der Waals surface area contributed by atoms with Gasteiger partial charge in [-0.15, -0.1) is 11.3 Å². The van der Waals surface area contributed by atoms with Crippen LogP contribution in [0.1, 0.15) is 5.56 Å². The molecule has 1 heterocycles. The van der Waals surface area contributed by atoms with Crippen LogP contribution in [-0.4, -0.2) is 11.2 Å². The monoisotopic (exact) mass is 310 g/mol. The van der Waals surface area contributed by atoms with Crippen molar-refractivity contribution in [3.63, 3.8) is 0 Å². The number of thiazole rings is 1. The fraction of sp³-hybridized carbons (Fsp3) is 0. The van der Waals surface area contributed by atoms with Crippen LogP contribution < -0.4 is 15.9 Å². The van der Waals surface area contributed by atoms with Crippen LogP contribution in [0.2, 0.25) is 0 Å². The molecule has 0 aliphatic rings. The van der Waals surface area contributed by atoms with Crippen molar-refractivity contribution < 1.29 is 4.74 Å². The topological polar surface area (TPSA) is 72.5 Å². The fourth-order valence-corrected chi connectivity index (χ4v) is 2.34. The van der Waals surface area contributed by atoms with E-state index in [1.165, 1.54) is 11.3 Å². The predicted molar refractivity (Wildman–Crippen MR) is 90.7 cm³/mol. The highest BCUT2D eigenvalue weighted by molar-refractivity contribution is 7.14. The molecular weight excluding hydrogens is 296 g/mol. The first-order valence-electron chi connectivity index (χ1n) is 6.63. The highest BCUT2D eigenvalue weighted by Crippen LogP contribution is 2.24.